The highest BCUT2D eigenvalue weighted by atomic mass is 19.1. The van der Waals surface area contributed by atoms with Gasteiger partial charge in [-0.1, -0.05) is 13.0 Å². The molecule has 1 atom stereocenters. The van der Waals surface area contributed by atoms with Gasteiger partial charge in [-0.2, -0.15) is 0 Å². The van der Waals surface area contributed by atoms with Gasteiger partial charge in [0.15, 0.2) is 0 Å². The van der Waals surface area contributed by atoms with Crippen LogP contribution >= 0.6 is 0 Å². The summed E-state index contributed by atoms with van der Waals surface area (Å²) in [6.07, 6.45) is 2.20. The quantitative estimate of drug-likeness (QED) is 0.891. The molecular formula is C17H18FN3O2. The van der Waals surface area contributed by atoms with Crippen LogP contribution in [0, 0.1) is 5.82 Å². The van der Waals surface area contributed by atoms with E-state index in [4.69, 9.17) is 0 Å². The third-order valence-corrected chi connectivity index (χ3v) is 3.33. The SMILES string of the molecule is CCC(C)NC(=O)c1ccnc(C(=O)Nc2cccc(F)c2)c1. The number of nitrogens with zero attached hydrogens (tertiary/aromatic N) is 1. The molecular weight excluding hydrogens is 297 g/mol. The van der Waals surface area contributed by atoms with Crippen LogP contribution in [0.4, 0.5) is 10.1 Å². The Labute approximate surface area is 133 Å². The lowest BCUT2D eigenvalue weighted by molar-refractivity contribution is 0.0939. The molecule has 120 valence electrons. The van der Waals surface area contributed by atoms with Crippen LogP contribution in [0.1, 0.15) is 41.1 Å². The van der Waals surface area contributed by atoms with Gasteiger partial charge in [0, 0.05) is 23.5 Å². The Morgan fingerprint density at radius 2 is 2.00 bits per heavy atom. The first-order chi connectivity index (χ1) is 11.0. The van der Waals surface area contributed by atoms with Crippen LogP contribution in [0.15, 0.2) is 42.6 Å². The number of nitrogens with one attached hydrogen (secondary N) is 2. The Morgan fingerprint density at radius 1 is 1.22 bits per heavy atom. The van der Waals surface area contributed by atoms with Gasteiger partial charge in [-0.3, -0.25) is 14.6 Å². The second-order valence-corrected chi connectivity index (χ2v) is 5.18. The van der Waals surface area contributed by atoms with E-state index in [1.165, 1.54) is 36.5 Å². The fourth-order valence-corrected chi connectivity index (χ4v) is 1.87. The molecule has 2 N–H and O–H groups in total. The number of rotatable bonds is 5. The Hall–Kier alpha value is -2.76. The maximum absolute atomic E-state index is 13.1. The first-order valence-corrected chi connectivity index (χ1v) is 7.33. The van der Waals surface area contributed by atoms with Crippen LogP contribution in [0.3, 0.4) is 0 Å². The van der Waals surface area contributed by atoms with Crippen molar-refractivity contribution in [3.8, 4) is 0 Å². The molecule has 1 aromatic heterocycles. The maximum Gasteiger partial charge on any atom is 0.274 e. The van der Waals surface area contributed by atoms with Crippen molar-refractivity contribution in [1.82, 2.24) is 10.3 Å². The van der Waals surface area contributed by atoms with Crippen LogP contribution in [0.5, 0.6) is 0 Å². The minimum Gasteiger partial charge on any atom is -0.350 e. The van der Waals surface area contributed by atoms with Crippen LogP contribution < -0.4 is 10.6 Å². The van der Waals surface area contributed by atoms with E-state index in [1.807, 2.05) is 13.8 Å². The number of benzene rings is 1. The summed E-state index contributed by atoms with van der Waals surface area (Å²) >= 11 is 0. The summed E-state index contributed by atoms with van der Waals surface area (Å²) in [5.41, 5.74) is 0.766. The molecule has 2 rings (SSSR count). The normalized spacial score (nSPS) is 11.6. The maximum atomic E-state index is 13.1. The summed E-state index contributed by atoms with van der Waals surface area (Å²) in [5, 5.41) is 5.37. The van der Waals surface area contributed by atoms with E-state index >= 15 is 0 Å². The van der Waals surface area contributed by atoms with E-state index in [9.17, 15) is 14.0 Å². The zero-order valence-corrected chi connectivity index (χ0v) is 13.0. The third-order valence-electron chi connectivity index (χ3n) is 3.33. The molecule has 6 heteroatoms. The summed E-state index contributed by atoms with van der Waals surface area (Å²) in [7, 11) is 0. The highest BCUT2D eigenvalue weighted by molar-refractivity contribution is 6.04. The molecule has 23 heavy (non-hydrogen) atoms. The molecule has 2 aromatic rings. The van der Waals surface area contributed by atoms with Crippen molar-refractivity contribution in [3.05, 3.63) is 59.7 Å². The summed E-state index contributed by atoms with van der Waals surface area (Å²) in [6, 6.07) is 8.54. The van der Waals surface area contributed by atoms with Crippen LogP contribution in [0.25, 0.3) is 0 Å². The number of hydrogen-bond acceptors (Lipinski definition) is 3. The van der Waals surface area contributed by atoms with Gasteiger partial charge in [-0.05, 0) is 43.7 Å². The van der Waals surface area contributed by atoms with Crippen molar-refractivity contribution < 1.29 is 14.0 Å². The summed E-state index contributed by atoms with van der Waals surface area (Å²) in [6.45, 7) is 3.87. The predicted molar refractivity (Wildman–Crippen MR) is 85.8 cm³/mol. The van der Waals surface area contributed by atoms with Crippen LogP contribution in [-0.4, -0.2) is 22.8 Å². The van der Waals surface area contributed by atoms with Gasteiger partial charge in [0.1, 0.15) is 11.5 Å². The molecule has 0 fully saturated rings. The third kappa shape index (κ3) is 4.60. The Morgan fingerprint density at radius 3 is 2.70 bits per heavy atom. The van der Waals surface area contributed by atoms with Crippen molar-refractivity contribution in [2.75, 3.05) is 5.32 Å². The molecule has 0 aliphatic rings. The van der Waals surface area contributed by atoms with Gasteiger partial charge in [0.25, 0.3) is 11.8 Å². The molecule has 0 aliphatic heterocycles. The second kappa shape index (κ2) is 7.49. The first kappa shape index (κ1) is 16.6. The predicted octanol–water partition coefficient (Wildman–Crippen LogP) is 3.00. The number of aromatic nitrogens is 1. The van der Waals surface area contributed by atoms with E-state index in [0.29, 0.717) is 11.3 Å². The Balaban J connectivity index is 2.12. The van der Waals surface area contributed by atoms with Gasteiger partial charge in [0.2, 0.25) is 0 Å². The van der Waals surface area contributed by atoms with Crippen molar-refractivity contribution in [3.63, 3.8) is 0 Å². The fraction of sp³-hybridized carbons (Fsp3) is 0.235. The van der Waals surface area contributed by atoms with Crippen LogP contribution in [-0.2, 0) is 0 Å². The molecule has 1 heterocycles. The van der Waals surface area contributed by atoms with Gasteiger partial charge in [-0.15, -0.1) is 0 Å². The topological polar surface area (TPSA) is 71.1 Å². The van der Waals surface area contributed by atoms with E-state index in [2.05, 4.69) is 15.6 Å². The number of pyridine rings is 1. The van der Waals surface area contributed by atoms with Gasteiger partial charge in [-0.25, -0.2) is 4.39 Å². The summed E-state index contributed by atoms with van der Waals surface area (Å²) in [5.74, 6) is -1.22. The minimum atomic E-state index is -0.506. The number of carbonyl (C=O) groups is 2. The average Bonchev–Trinajstić information content (AvgIpc) is 2.54. The molecule has 5 nitrogen and oxygen atoms in total. The van der Waals surface area contributed by atoms with E-state index < -0.39 is 11.7 Å². The molecule has 1 aromatic carbocycles. The fourth-order valence-electron chi connectivity index (χ4n) is 1.87. The smallest absolute Gasteiger partial charge is 0.274 e. The number of halogens is 1. The van der Waals surface area contributed by atoms with E-state index in [0.717, 1.165) is 6.42 Å². The van der Waals surface area contributed by atoms with Crippen LogP contribution in [0.2, 0.25) is 0 Å². The van der Waals surface area contributed by atoms with Gasteiger partial charge in [0.05, 0.1) is 0 Å². The van der Waals surface area contributed by atoms with E-state index in [1.54, 1.807) is 6.07 Å². The Bertz CT molecular complexity index is 718. The second-order valence-electron chi connectivity index (χ2n) is 5.18. The molecule has 2 amide bonds. The summed E-state index contributed by atoms with van der Waals surface area (Å²) in [4.78, 5) is 28.2. The monoisotopic (exact) mass is 315 g/mol. The average molecular weight is 315 g/mol. The molecule has 0 spiro atoms. The summed E-state index contributed by atoms with van der Waals surface area (Å²) < 4.78 is 13.1. The van der Waals surface area contributed by atoms with Crippen molar-refractivity contribution in [1.29, 1.82) is 0 Å². The zero-order valence-electron chi connectivity index (χ0n) is 13.0. The minimum absolute atomic E-state index is 0.0419. The standard InChI is InChI=1S/C17H18FN3O2/c1-3-11(2)20-16(22)12-7-8-19-15(9-12)17(23)21-14-6-4-5-13(18)10-14/h4-11H,3H2,1-2H3,(H,20,22)(H,21,23). The molecule has 0 aliphatic carbocycles. The van der Waals surface area contributed by atoms with E-state index in [-0.39, 0.29) is 17.6 Å². The lowest BCUT2D eigenvalue weighted by atomic mass is 10.2. The van der Waals surface area contributed by atoms with Gasteiger partial charge >= 0.3 is 0 Å². The highest BCUT2D eigenvalue weighted by Crippen LogP contribution is 2.11. The molecule has 0 radical (unpaired) electrons. The van der Waals surface area contributed by atoms with Crippen molar-refractivity contribution in [2.45, 2.75) is 26.3 Å². The number of hydrogen-bond donors (Lipinski definition) is 2. The Kier molecular flexibility index (Phi) is 5.41. The first-order valence-electron chi connectivity index (χ1n) is 7.33. The highest BCUT2D eigenvalue weighted by Gasteiger charge is 2.13. The van der Waals surface area contributed by atoms with Gasteiger partial charge < -0.3 is 10.6 Å². The number of anilines is 1. The zero-order chi connectivity index (χ0) is 16.8. The molecule has 0 saturated carbocycles. The lowest BCUT2D eigenvalue weighted by Gasteiger charge is -2.11. The molecule has 1 unspecified atom stereocenters. The van der Waals surface area contributed by atoms with Crippen molar-refractivity contribution >= 4 is 17.5 Å². The largest absolute Gasteiger partial charge is 0.350 e. The number of carbonyl (C=O) groups excluding carboxylic acids is 2. The number of amides is 2. The lowest BCUT2D eigenvalue weighted by Crippen LogP contribution is -2.32. The molecule has 0 bridgehead atoms. The molecule has 0 saturated heterocycles. The van der Waals surface area contributed by atoms with Crippen molar-refractivity contribution in [2.24, 2.45) is 0 Å².